The fraction of sp³-hybridized carbons (Fsp3) is 0.500. The van der Waals surface area contributed by atoms with Gasteiger partial charge < -0.3 is 11.1 Å². The molecular formula is C14H23N3O3S. The van der Waals surface area contributed by atoms with E-state index in [1.165, 1.54) is 0 Å². The van der Waals surface area contributed by atoms with Crippen molar-refractivity contribution in [2.75, 3.05) is 18.4 Å². The number of unbranched alkanes of at least 4 members (excludes halogenated alkanes) is 1. The molecule has 1 amide bonds. The third-order valence-corrected chi connectivity index (χ3v) is 4.36. The predicted octanol–water partition coefficient (Wildman–Crippen LogP) is 1.44. The van der Waals surface area contributed by atoms with E-state index in [-0.39, 0.29) is 17.2 Å². The molecule has 0 saturated heterocycles. The second-order valence-electron chi connectivity index (χ2n) is 4.77. The summed E-state index contributed by atoms with van der Waals surface area (Å²) in [6.07, 6.45) is 2.45. The zero-order valence-electron chi connectivity index (χ0n) is 12.3. The summed E-state index contributed by atoms with van der Waals surface area (Å²) in [6.45, 7) is 3.21. The molecule has 0 saturated carbocycles. The molecule has 4 N–H and O–H groups in total. The van der Waals surface area contributed by atoms with Gasteiger partial charge in [0.25, 0.3) is 0 Å². The third kappa shape index (κ3) is 6.59. The molecule has 1 rings (SSSR count). The van der Waals surface area contributed by atoms with Crippen LogP contribution in [0.15, 0.2) is 29.2 Å². The summed E-state index contributed by atoms with van der Waals surface area (Å²) < 4.78 is 26.6. The number of amides is 1. The molecule has 0 heterocycles. The largest absolute Gasteiger partial charge is 0.385 e. The van der Waals surface area contributed by atoms with Gasteiger partial charge >= 0.3 is 0 Å². The van der Waals surface area contributed by atoms with E-state index in [1.807, 2.05) is 0 Å². The maximum Gasteiger partial charge on any atom is 0.240 e. The van der Waals surface area contributed by atoms with Gasteiger partial charge in [0.15, 0.2) is 0 Å². The van der Waals surface area contributed by atoms with E-state index in [2.05, 4.69) is 17.0 Å². The molecule has 0 unspecified atom stereocenters. The van der Waals surface area contributed by atoms with E-state index in [0.29, 0.717) is 19.4 Å². The normalized spacial score (nSPS) is 11.3. The second kappa shape index (κ2) is 8.63. The first kappa shape index (κ1) is 17.5. The molecule has 0 aliphatic rings. The number of nitrogens with one attached hydrogen (secondary N) is 2. The zero-order chi connectivity index (χ0) is 15.7. The number of primary amides is 1. The van der Waals surface area contributed by atoms with Crippen LogP contribution >= 0.6 is 0 Å². The second-order valence-corrected chi connectivity index (χ2v) is 6.54. The molecule has 0 radical (unpaired) electrons. The van der Waals surface area contributed by atoms with Gasteiger partial charge in [0.2, 0.25) is 15.9 Å². The average molecular weight is 313 g/mol. The van der Waals surface area contributed by atoms with E-state index < -0.39 is 10.0 Å². The Morgan fingerprint density at radius 2 is 1.81 bits per heavy atom. The highest BCUT2D eigenvalue weighted by Gasteiger charge is 2.12. The fourth-order valence-corrected chi connectivity index (χ4v) is 2.81. The number of nitrogens with two attached hydrogens (primary N) is 1. The standard InChI is InChI=1S/C14H23N3O3S/c1-2-10-16-12-6-8-13(9-7-12)21(19,20)17-11-4-3-5-14(15)18/h6-9,16-17H,2-5,10-11H2,1H3,(H2,15,18). The van der Waals surface area contributed by atoms with Crippen LogP contribution in [0.3, 0.4) is 0 Å². The van der Waals surface area contributed by atoms with E-state index in [9.17, 15) is 13.2 Å². The quantitative estimate of drug-likeness (QED) is 0.569. The van der Waals surface area contributed by atoms with Gasteiger partial charge in [-0.05, 0) is 43.5 Å². The lowest BCUT2D eigenvalue weighted by molar-refractivity contribution is -0.118. The first-order valence-corrected chi connectivity index (χ1v) is 8.56. The number of benzene rings is 1. The van der Waals surface area contributed by atoms with E-state index in [4.69, 9.17) is 5.73 Å². The van der Waals surface area contributed by atoms with Crippen molar-refractivity contribution < 1.29 is 13.2 Å². The lowest BCUT2D eigenvalue weighted by atomic mass is 10.2. The summed E-state index contributed by atoms with van der Waals surface area (Å²) in [4.78, 5) is 10.8. The van der Waals surface area contributed by atoms with Gasteiger partial charge in [-0.1, -0.05) is 6.92 Å². The number of hydrogen-bond donors (Lipinski definition) is 3. The van der Waals surface area contributed by atoms with Crippen molar-refractivity contribution in [1.29, 1.82) is 0 Å². The molecule has 0 aromatic heterocycles. The van der Waals surface area contributed by atoms with Gasteiger partial charge in [-0.25, -0.2) is 13.1 Å². The van der Waals surface area contributed by atoms with Gasteiger partial charge in [0.1, 0.15) is 0 Å². The van der Waals surface area contributed by atoms with E-state index in [0.717, 1.165) is 18.7 Å². The van der Waals surface area contributed by atoms with Gasteiger partial charge in [0.05, 0.1) is 4.90 Å². The molecule has 0 spiro atoms. The summed E-state index contributed by atoms with van der Waals surface area (Å²) >= 11 is 0. The first-order valence-electron chi connectivity index (χ1n) is 7.07. The Labute approximate surface area is 126 Å². The number of hydrogen-bond acceptors (Lipinski definition) is 4. The van der Waals surface area contributed by atoms with E-state index in [1.54, 1.807) is 24.3 Å². The molecule has 21 heavy (non-hydrogen) atoms. The third-order valence-electron chi connectivity index (χ3n) is 2.89. The monoisotopic (exact) mass is 313 g/mol. The zero-order valence-corrected chi connectivity index (χ0v) is 13.1. The Bertz CT molecular complexity index is 541. The highest BCUT2D eigenvalue weighted by Crippen LogP contribution is 2.14. The Morgan fingerprint density at radius 3 is 2.38 bits per heavy atom. The molecule has 0 aliphatic heterocycles. The maximum atomic E-state index is 12.0. The van der Waals surface area contributed by atoms with Crippen molar-refractivity contribution in [2.24, 2.45) is 5.73 Å². The molecular weight excluding hydrogens is 290 g/mol. The summed E-state index contributed by atoms with van der Waals surface area (Å²) in [6, 6.07) is 6.64. The minimum atomic E-state index is -3.49. The Kier molecular flexibility index (Phi) is 7.18. The minimum absolute atomic E-state index is 0.236. The smallest absolute Gasteiger partial charge is 0.240 e. The van der Waals surface area contributed by atoms with Gasteiger partial charge in [-0.3, -0.25) is 4.79 Å². The predicted molar refractivity (Wildman–Crippen MR) is 83.5 cm³/mol. The van der Waals surface area contributed by atoms with Crippen LogP contribution in [0.2, 0.25) is 0 Å². The molecule has 7 heteroatoms. The molecule has 1 aromatic carbocycles. The number of sulfonamides is 1. The number of anilines is 1. The summed E-state index contributed by atoms with van der Waals surface area (Å²) in [5, 5.41) is 3.18. The molecule has 0 atom stereocenters. The Hall–Kier alpha value is -1.60. The van der Waals surface area contributed by atoms with Crippen LogP contribution in [0.5, 0.6) is 0 Å². The topological polar surface area (TPSA) is 101 Å². The van der Waals surface area contributed by atoms with Crippen LogP contribution in [0, 0.1) is 0 Å². The SMILES string of the molecule is CCCNc1ccc(S(=O)(=O)NCCCCC(N)=O)cc1. The van der Waals surface area contributed by atoms with Crippen LogP contribution in [0.25, 0.3) is 0 Å². The number of carbonyl (C=O) groups is 1. The van der Waals surface area contributed by atoms with Crippen LogP contribution in [0.1, 0.15) is 32.6 Å². The number of rotatable bonds is 10. The van der Waals surface area contributed by atoms with Crippen LogP contribution in [-0.4, -0.2) is 27.4 Å². The van der Waals surface area contributed by atoms with E-state index >= 15 is 0 Å². The molecule has 1 aromatic rings. The van der Waals surface area contributed by atoms with Crippen molar-refractivity contribution in [3.63, 3.8) is 0 Å². The molecule has 118 valence electrons. The van der Waals surface area contributed by atoms with Crippen molar-refractivity contribution >= 4 is 21.6 Å². The number of carbonyl (C=O) groups excluding carboxylic acids is 1. The molecule has 6 nitrogen and oxygen atoms in total. The minimum Gasteiger partial charge on any atom is -0.385 e. The highest BCUT2D eigenvalue weighted by molar-refractivity contribution is 7.89. The highest BCUT2D eigenvalue weighted by atomic mass is 32.2. The summed E-state index contributed by atoms with van der Waals surface area (Å²) in [5.41, 5.74) is 5.92. The summed E-state index contributed by atoms with van der Waals surface area (Å²) in [5.74, 6) is -0.368. The van der Waals surface area contributed by atoms with Gasteiger partial charge in [-0.2, -0.15) is 0 Å². The van der Waals surface area contributed by atoms with Crippen molar-refractivity contribution in [3.05, 3.63) is 24.3 Å². The summed E-state index contributed by atoms with van der Waals surface area (Å²) in [7, 11) is -3.49. The van der Waals surface area contributed by atoms with Crippen LogP contribution in [-0.2, 0) is 14.8 Å². The van der Waals surface area contributed by atoms with Gasteiger partial charge in [-0.15, -0.1) is 0 Å². The molecule has 0 fully saturated rings. The maximum absolute atomic E-state index is 12.0. The molecule has 0 aliphatic carbocycles. The van der Waals surface area contributed by atoms with Crippen molar-refractivity contribution in [1.82, 2.24) is 4.72 Å². The Balaban J connectivity index is 2.48. The van der Waals surface area contributed by atoms with Crippen molar-refractivity contribution in [2.45, 2.75) is 37.5 Å². The average Bonchev–Trinajstić information content (AvgIpc) is 2.44. The molecule has 0 bridgehead atoms. The first-order chi connectivity index (χ1) is 9.95. The van der Waals surface area contributed by atoms with Crippen LogP contribution < -0.4 is 15.8 Å². The lowest BCUT2D eigenvalue weighted by Gasteiger charge is -2.08. The van der Waals surface area contributed by atoms with Crippen LogP contribution in [0.4, 0.5) is 5.69 Å². The van der Waals surface area contributed by atoms with Crippen molar-refractivity contribution in [3.8, 4) is 0 Å². The Morgan fingerprint density at radius 1 is 1.14 bits per heavy atom. The lowest BCUT2D eigenvalue weighted by Crippen LogP contribution is -2.25. The fourth-order valence-electron chi connectivity index (χ4n) is 1.74. The van der Waals surface area contributed by atoms with Gasteiger partial charge in [0, 0.05) is 25.2 Å².